The zero-order chi connectivity index (χ0) is 21.7. The molecule has 0 atom stereocenters. The minimum Gasteiger partial charge on any atom is -0.353 e. The van der Waals surface area contributed by atoms with Crippen LogP contribution in [0.3, 0.4) is 0 Å². The molecule has 0 bridgehead atoms. The summed E-state index contributed by atoms with van der Waals surface area (Å²) in [5, 5.41) is 12.3. The van der Waals surface area contributed by atoms with Crippen molar-refractivity contribution < 1.29 is 4.79 Å². The first-order chi connectivity index (χ1) is 15.7. The molecule has 0 amide bonds. The SMILES string of the molecule is CC(=O)c1ccc(-c2cccc3[nH]c(-c4n[nH]c5ccc(C6CCNCC6)nc45)cc23)s1. The maximum atomic E-state index is 11.8. The van der Waals surface area contributed by atoms with Crippen molar-refractivity contribution >= 4 is 39.1 Å². The number of aromatic nitrogens is 4. The highest BCUT2D eigenvalue weighted by molar-refractivity contribution is 7.17. The Hall–Kier alpha value is -3.29. The molecular weight excluding hydrogens is 418 g/mol. The molecule has 0 spiro atoms. The molecule has 1 aliphatic heterocycles. The number of carbonyl (C=O) groups is 1. The summed E-state index contributed by atoms with van der Waals surface area (Å²) in [6, 6.07) is 16.5. The smallest absolute Gasteiger partial charge is 0.169 e. The van der Waals surface area contributed by atoms with Crippen LogP contribution in [0.5, 0.6) is 0 Å². The van der Waals surface area contributed by atoms with Crippen LogP contribution in [0.2, 0.25) is 0 Å². The molecule has 4 aromatic heterocycles. The zero-order valence-electron chi connectivity index (χ0n) is 17.7. The summed E-state index contributed by atoms with van der Waals surface area (Å²) in [7, 11) is 0. The molecule has 5 aromatic rings. The number of hydrogen-bond donors (Lipinski definition) is 3. The fraction of sp³-hybridized carbons (Fsp3) is 0.240. The summed E-state index contributed by atoms with van der Waals surface area (Å²) in [6.45, 7) is 3.70. The van der Waals surface area contributed by atoms with E-state index in [-0.39, 0.29) is 5.78 Å². The molecular formula is C25H23N5OS. The highest BCUT2D eigenvalue weighted by Crippen LogP contribution is 2.37. The average molecular weight is 442 g/mol. The van der Waals surface area contributed by atoms with E-state index < -0.39 is 0 Å². The molecule has 6 rings (SSSR count). The summed E-state index contributed by atoms with van der Waals surface area (Å²) in [5.41, 5.74) is 6.94. The van der Waals surface area contributed by atoms with Gasteiger partial charge in [0.2, 0.25) is 0 Å². The molecule has 0 radical (unpaired) electrons. The highest BCUT2D eigenvalue weighted by atomic mass is 32.1. The molecule has 32 heavy (non-hydrogen) atoms. The molecule has 1 aliphatic rings. The van der Waals surface area contributed by atoms with Gasteiger partial charge in [-0.1, -0.05) is 12.1 Å². The second-order valence-corrected chi connectivity index (χ2v) is 9.48. The number of piperidine rings is 1. The number of H-pyrrole nitrogens is 2. The van der Waals surface area contributed by atoms with Crippen molar-refractivity contribution in [1.29, 1.82) is 0 Å². The lowest BCUT2D eigenvalue weighted by Gasteiger charge is -2.22. The van der Waals surface area contributed by atoms with Gasteiger partial charge in [-0.05, 0) is 69.3 Å². The first-order valence-electron chi connectivity index (χ1n) is 11.0. The quantitative estimate of drug-likeness (QED) is 0.321. The van der Waals surface area contributed by atoms with Crippen molar-refractivity contribution in [2.45, 2.75) is 25.7 Å². The van der Waals surface area contributed by atoms with Gasteiger partial charge in [0.1, 0.15) is 11.2 Å². The number of nitrogens with one attached hydrogen (secondary N) is 3. The fourth-order valence-electron chi connectivity index (χ4n) is 4.62. The second-order valence-electron chi connectivity index (χ2n) is 8.40. The van der Waals surface area contributed by atoms with Gasteiger partial charge in [-0.3, -0.25) is 9.89 Å². The van der Waals surface area contributed by atoms with Gasteiger partial charge in [0.05, 0.1) is 16.1 Å². The van der Waals surface area contributed by atoms with E-state index in [0.29, 0.717) is 5.92 Å². The van der Waals surface area contributed by atoms with Crippen LogP contribution in [0.25, 0.3) is 43.8 Å². The Labute approximate surface area is 189 Å². The van der Waals surface area contributed by atoms with E-state index in [0.717, 1.165) is 80.3 Å². The number of Topliss-reactive ketones (excluding diaryl/α,β-unsaturated/α-hetero) is 1. The van der Waals surface area contributed by atoms with Crippen molar-refractivity contribution in [1.82, 2.24) is 25.5 Å². The van der Waals surface area contributed by atoms with Crippen LogP contribution in [0.4, 0.5) is 0 Å². The summed E-state index contributed by atoms with van der Waals surface area (Å²) in [6.07, 6.45) is 2.23. The Bertz CT molecular complexity index is 1450. The molecule has 0 unspecified atom stereocenters. The highest BCUT2D eigenvalue weighted by Gasteiger charge is 2.20. The Balaban J connectivity index is 1.44. The number of ketones is 1. The normalized spacial score (nSPS) is 15.0. The molecule has 3 N–H and O–H groups in total. The van der Waals surface area contributed by atoms with Gasteiger partial charge >= 0.3 is 0 Å². The van der Waals surface area contributed by atoms with Crippen molar-refractivity contribution in [3.63, 3.8) is 0 Å². The van der Waals surface area contributed by atoms with Gasteiger partial charge in [-0.15, -0.1) is 11.3 Å². The summed E-state index contributed by atoms with van der Waals surface area (Å²) in [4.78, 5) is 22.2. The number of hydrogen-bond acceptors (Lipinski definition) is 5. The van der Waals surface area contributed by atoms with E-state index in [2.05, 4.69) is 50.8 Å². The minimum atomic E-state index is 0.0989. The number of rotatable bonds is 4. The van der Waals surface area contributed by atoms with E-state index in [9.17, 15) is 4.79 Å². The van der Waals surface area contributed by atoms with Crippen LogP contribution >= 0.6 is 11.3 Å². The lowest BCUT2D eigenvalue weighted by atomic mass is 9.94. The number of thiophene rings is 1. The van der Waals surface area contributed by atoms with E-state index >= 15 is 0 Å². The molecule has 0 aliphatic carbocycles. The van der Waals surface area contributed by atoms with Crippen LogP contribution < -0.4 is 5.32 Å². The number of nitrogens with zero attached hydrogens (tertiary/aromatic N) is 2. The van der Waals surface area contributed by atoms with Crippen molar-refractivity contribution in [2.24, 2.45) is 0 Å². The van der Waals surface area contributed by atoms with E-state index in [1.54, 1.807) is 6.92 Å². The predicted octanol–water partition coefficient (Wildman–Crippen LogP) is 5.50. The van der Waals surface area contributed by atoms with Gasteiger partial charge in [-0.25, -0.2) is 4.98 Å². The summed E-state index contributed by atoms with van der Waals surface area (Å²) in [5.74, 6) is 0.591. The number of aromatic amines is 2. The van der Waals surface area contributed by atoms with Crippen molar-refractivity contribution in [2.75, 3.05) is 13.1 Å². The summed E-state index contributed by atoms with van der Waals surface area (Å²) >= 11 is 1.53. The molecule has 6 nitrogen and oxygen atoms in total. The minimum absolute atomic E-state index is 0.0989. The second kappa shape index (κ2) is 7.69. The van der Waals surface area contributed by atoms with E-state index in [1.807, 2.05) is 18.2 Å². The van der Waals surface area contributed by atoms with Gasteiger partial charge in [0.25, 0.3) is 0 Å². The summed E-state index contributed by atoms with van der Waals surface area (Å²) < 4.78 is 0. The topological polar surface area (TPSA) is 86.5 Å². The van der Waals surface area contributed by atoms with Crippen LogP contribution in [-0.2, 0) is 0 Å². The first-order valence-corrected chi connectivity index (χ1v) is 11.8. The Morgan fingerprint density at radius 3 is 2.75 bits per heavy atom. The zero-order valence-corrected chi connectivity index (χ0v) is 18.6. The maximum Gasteiger partial charge on any atom is 0.169 e. The first kappa shape index (κ1) is 19.4. The molecule has 7 heteroatoms. The number of pyridine rings is 1. The van der Waals surface area contributed by atoms with Crippen molar-refractivity contribution in [3.05, 3.63) is 59.1 Å². The standard InChI is InChI=1S/C25H23N5OS/c1-14(31)22-7-8-23(32-22)16-3-2-4-19-17(16)13-21(27-19)25-24-20(29-30-25)6-5-18(28-24)15-9-11-26-12-10-15/h2-8,13,15,26-27H,9-12H2,1H3,(H,29,30). The Kier molecular flexibility index (Phi) is 4.66. The molecule has 160 valence electrons. The molecule has 1 aromatic carbocycles. The third kappa shape index (κ3) is 3.25. The molecule has 0 saturated carbocycles. The lowest BCUT2D eigenvalue weighted by Crippen LogP contribution is -2.27. The van der Waals surface area contributed by atoms with Crippen LogP contribution in [0.1, 0.15) is 41.0 Å². The van der Waals surface area contributed by atoms with Crippen LogP contribution in [0.15, 0.2) is 48.5 Å². The molecule has 1 saturated heterocycles. The third-order valence-electron chi connectivity index (χ3n) is 6.32. The predicted molar refractivity (Wildman–Crippen MR) is 129 cm³/mol. The molecule has 1 fully saturated rings. The lowest BCUT2D eigenvalue weighted by molar-refractivity contribution is 0.102. The van der Waals surface area contributed by atoms with Crippen molar-refractivity contribution in [3.8, 4) is 21.8 Å². The number of fused-ring (bicyclic) bond motifs is 2. The fourth-order valence-corrected chi connectivity index (χ4v) is 5.56. The molecule has 5 heterocycles. The monoisotopic (exact) mass is 441 g/mol. The van der Waals surface area contributed by atoms with Gasteiger partial charge < -0.3 is 10.3 Å². The average Bonchev–Trinajstić information content (AvgIpc) is 3.56. The Morgan fingerprint density at radius 2 is 1.94 bits per heavy atom. The van der Waals surface area contributed by atoms with Gasteiger partial charge in [0, 0.05) is 33.0 Å². The third-order valence-corrected chi connectivity index (χ3v) is 7.54. The Morgan fingerprint density at radius 1 is 1.06 bits per heavy atom. The number of benzene rings is 1. The van der Waals surface area contributed by atoms with E-state index in [4.69, 9.17) is 4.98 Å². The number of carbonyl (C=O) groups excluding carboxylic acids is 1. The van der Waals surface area contributed by atoms with Crippen LogP contribution in [0, 0.1) is 0 Å². The van der Waals surface area contributed by atoms with E-state index in [1.165, 1.54) is 11.3 Å². The largest absolute Gasteiger partial charge is 0.353 e. The maximum absolute atomic E-state index is 11.8. The van der Waals surface area contributed by atoms with Gasteiger partial charge in [-0.2, -0.15) is 5.10 Å². The van der Waals surface area contributed by atoms with Gasteiger partial charge in [0.15, 0.2) is 5.78 Å². The van der Waals surface area contributed by atoms with Crippen LogP contribution in [-0.4, -0.2) is 39.0 Å².